The third-order valence-corrected chi connectivity index (χ3v) is 8.14. The minimum absolute atomic E-state index is 0.0196. The Morgan fingerprint density at radius 1 is 1.10 bits per heavy atom. The molecule has 1 heterocycles. The Bertz CT molecular complexity index is 1110. The molecular weight excluding hydrogens is 428 g/mol. The molecule has 1 unspecified atom stereocenters. The number of carbonyl (C=O) groups is 1. The highest BCUT2D eigenvalue weighted by atomic mass is 32.2. The molecule has 8 nitrogen and oxygen atoms in total. The van der Waals surface area contributed by atoms with E-state index in [1.807, 2.05) is 24.3 Å². The van der Waals surface area contributed by atoms with Gasteiger partial charge in [-0.3, -0.25) is 4.79 Å². The lowest BCUT2D eigenvalue weighted by molar-refractivity contribution is 0.0950. The van der Waals surface area contributed by atoms with Crippen molar-refractivity contribution in [1.82, 2.24) is 10.0 Å². The lowest BCUT2D eigenvalue weighted by atomic mass is 10.1. The number of benzene rings is 2. The highest BCUT2D eigenvalue weighted by molar-refractivity contribution is 7.92. The highest BCUT2D eigenvalue weighted by Crippen LogP contribution is 2.17. The summed E-state index contributed by atoms with van der Waals surface area (Å²) >= 11 is 0. The van der Waals surface area contributed by atoms with Gasteiger partial charge in [0.05, 0.1) is 23.0 Å². The maximum absolute atomic E-state index is 12.5. The maximum Gasteiger partial charge on any atom is 0.251 e. The standard InChI is InChI=1S/C20H24N2O6S2/c1-28-13-17-5-3-2-4-16(17)12-21-20(23)15-6-8-19(9-7-15)30(26,27)22-18-10-11-29(24,25)14-18/h2-9,18,22H,10-14H2,1H3,(H,21,23). The van der Waals surface area contributed by atoms with E-state index >= 15 is 0 Å². The monoisotopic (exact) mass is 452 g/mol. The molecule has 162 valence electrons. The van der Waals surface area contributed by atoms with Crippen LogP contribution in [0.4, 0.5) is 0 Å². The number of ether oxygens (including phenoxy) is 1. The number of sulfone groups is 1. The first-order valence-corrected chi connectivity index (χ1v) is 12.7. The second-order valence-corrected chi connectivity index (χ2v) is 11.1. The van der Waals surface area contributed by atoms with Gasteiger partial charge in [-0.25, -0.2) is 21.6 Å². The summed E-state index contributed by atoms with van der Waals surface area (Å²) in [6, 6.07) is 12.5. The fourth-order valence-corrected chi connectivity index (χ4v) is 6.31. The van der Waals surface area contributed by atoms with E-state index in [9.17, 15) is 21.6 Å². The summed E-state index contributed by atoms with van der Waals surface area (Å²) in [6.07, 6.45) is 0.257. The SMILES string of the molecule is COCc1ccccc1CNC(=O)c1ccc(S(=O)(=O)NC2CCS(=O)(=O)C2)cc1. The summed E-state index contributed by atoms with van der Waals surface area (Å²) in [4.78, 5) is 12.4. The van der Waals surface area contributed by atoms with Crippen molar-refractivity contribution < 1.29 is 26.4 Å². The van der Waals surface area contributed by atoms with E-state index in [2.05, 4.69) is 10.0 Å². The van der Waals surface area contributed by atoms with Gasteiger partial charge in [0.15, 0.2) is 9.84 Å². The molecule has 10 heteroatoms. The first kappa shape index (κ1) is 22.4. The molecule has 1 amide bonds. The van der Waals surface area contributed by atoms with Crippen LogP contribution in [0.15, 0.2) is 53.4 Å². The second kappa shape index (κ2) is 9.25. The van der Waals surface area contributed by atoms with Crippen LogP contribution < -0.4 is 10.0 Å². The molecular formula is C20H24N2O6S2. The topological polar surface area (TPSA) is 119 Å². The number of carbonyl (C=O) groups excluding carboxylic acids is 1. The Balaban J connectivity index is 1.63. The van der Waals surface area contributed by atoms with Crippen molar-refractivity contribution in [2.24, 2.45) is 0 Å². The van der Waals surface area contributed by atoms with E-state index in [0.29, 0.717) is 18.7 Å². The smallest absolute Gasteiger partial charge is 0.251 e. The number of hydrogen-bond donors (Lipinski definition) is 2. The molecule has 2 aromatic rings. The lowest BCUT2D eigenvalue weighted by Gasteiger charge is -2.12. The minimum atomic E-state index is -3.86. The minimum Gasteiger partial charge on any atom is -0.380 e. The molecule has 1 fully saturated rings. The molecule has 0 aliphatic carbocycles. The van der Waals surface area contributed by atoms with Gasteiger partial charge in [0, 0.05) is 25.3 Å². The van der Waals surface area contributed by atoms with Crippen LogP contribution in [0.5, 0.6) is 0 Å². The van der Waals surface area contributed by atoms with Crippen LogP contribution in [0.2, 0.25) is 0 Å². The van der Waals surface area contributed by atoms with Gasteiger partial charge in [-0.1, -0.05) is 24.3 Å². The molecule has 0 bridgehead atoms. The summed E-state index contributed by atoms with van der Waals surface area (Å²) in [5.41, 5.74) is 2.23. The summed E-state index contributed by atoms with van der Waals surface area (Å²) in [6.45, 7) is 0.754. The molecule has 3 rings (SSSR count). The second-order valence-electron chi connectivity index (χ2n) is 7.13. The fourth-order valence-electron chi connectivity index (χ4n) is 3.26. The van der Waals surface area contributed by atoms with Crippen LogP contribution in [0.1, 0.15) is 27.9 Å². The molecule has 1 saturated heterocycles. The Morgan fingerprint density at radius 3 is 2.37 bits per heavy atom. The Hall–Kier alpha value is -2.27. The van der Waals surface area contributed by atoms with Crippen molar-refractivity contribution >= 4 is 25.8 Å². The first-order valence-electron chi connectivity index (χ1n) is 9.37. The van der Waals surface area contributed by atoms with Gasteiger partial charge < -0.3 is 10.1 Å². The van der Waals surface area contributed by atoms with E-state index in [0.717, 1.165) is 11.1 Å². The molecule has 0 saturated carbocycles. The number of amides is 1. The van der Waals surface area contributed by atoms with Gasteiger partial charge in [0.1, 0.15) is 0 Å². The normalized spacial score (nSPS) is 18.2. The van der Waals surface area contributed by atoms with Crippen molar-refractivity contribution in [3.8, 4) is 0 Å². The third-order valence-electron chi connectivity index (χ3n) is 4.84. The quantitative estimate of drug-likeness (QED) is 0.622. The maximum atomic E-state index is 12.5. The zero-order chi connectivity index (χ0) is 21.8. The number of hydrogen-bond acceptors (Lipinski definition) is 6. The largest absolute Gasteiger partial charge is 0.380 e. The van der Waals surface area contributed by atoms with Gasteiger partial charge in [0.2, 0.25) is 10.0 Å². The van der Waals surface area contributed by atoms with Crippen LogP contribution in [0, 0.1) is 0 Å². The summed E-state index contributed by atoms with van der Waals surface area (Å²) in [5, 5.41) is 2.81. The molecule has 1 atom stereocenters. The summed E-state index contributed by atoms with van der Waals surface area (Å²) < 4.78 is 55.6. The number of sulfonamides is 1. The Labute approximate surface area is 176 Å². The van der Waals surface area contributed by atoms with Gasteiger partial charge in [-0.2, -0.15) is 0 Å². The molecule has 0 spiro atoms. The van der Waals surface area contributed by atoms with E-state index in [1.54, 1.807) is 7.11 Å². The number of rotatable bonds is 8. The number of nitrogens with one attached hydrogen (secondary N) is 2. The molecule has 30 heavy (non-hydrogen) atoms. The number of methoxy groups -OCH3 is 1. The zero-order valence-corrected chi connectivity index (χ0v) is 18.1. The van der Waals surface area contributed by atoms with Crippen LogP contribution >= 0.6 is 0 Å². The van der Waals surface area contributed by atoms with E-state index < -0.39 is 25.9 Å². The molecule has 0 radical (unpaired) electrons. The van der Waals surface area contributed by atoms with Crippen molar-refractivity contribution in [1.29, 1.82) is 0 Å². The molecule has 2 N–H and O–H groups in total. The summed E-state index contributed by atoms with van der Waals surface area (Å²) in [7, 11) is -5.45. The van der Waals surface area contributed by atoms with Gasteiger partial charge in [0.25, 0.3) is 5.91 Å². The van der Waals surface area contributed by atoms with Crippen LogP contribution in [-0.2, 0) is 37.7 Å². The van der Waals surface area contributed by atoms with E-state index in [4.69, 9.17) is 4.74 Å². The van der Waals surface area contributed by atoms with Crippen molar-refractivity contribution in [3.63, 3.8) is 0 Å². The predicted octanol–water partition coefficient (Wildman–Crippen LogP) is 1.23. The average Bonchev–Trinajstić information content (AvgIpc) is 3.05. The van der Waals surface area contributed by atoms with Gasteiger partial charge in [-0.05, 0) is 41.8 Å². The van der Waals surface area contributed by atoms with Crippen LogP contribution in [0.25, 0.3) is 0 Å². The van der Waals surface area contributed by atoms with Crippen LogP contribution in [-0.4, -0.2) is 47.4 Å². The average molecular weight is 453 g/mol. The highest BCUT2D eigenvalue weighted by Gasteiger charge is 2.31. The van der Waals surface area contributed by atoms with Crippen molar-refractivity contribution in [2.75, 3.05) is 18.6 Å². The molecule has 2 aromatic carbocycles. The third kappa shape index (κ3) is 5.66. The van der Waals surface area contributed by atoms with Crippen molar-refractivity contribution in [2.45, 2.75) is 30.5 Å². The first-order chi connectivity index (χ1) is 14.2. The Kier molecular flexibility index (Phi) is 6.91. The molecule has 1 aliphatic heterocycles. The van der Waals surface area contributed by atoms with E-state index in [1.165, 1.54) is 24.3 Å². The fraction of sp³-hybridized carbons (Fsp3) is 0.350. The summed E-state index contributed by atoms with van der Waals surface area (Å²) in [5.74, 6) is -0.551. The lowest BCUT2D eigenvalue weighted by Crippen LogP contribution is -2.35. The zero-order valence-electron chi connectivity index (χ0n) is 16.5. The van der Waals surface area contributed by atoms with E-state index in [-0.39, 0.29) is 28.7 Å². The molecule has 1 aliphatic rings. The Morgan fingerprint density at radius 2 is 1.77 bits per heavy atom. The van der Waals surface area contributed by atoms with Gasteiger partial charge >= 0.3 is 0 Å². The van der Waals surface area contributed by atoms with Crippen molar-refractivity contribution in [3.05, 3.63) is 65.2 Å². The predicted molar refractivity (Wildman–Crippen MR) is 112 cm³/mol. The molecule has 0 aromatic heterocycles. The van der Waals surface area contributed by atoms with Gasteiger partial charge in [-0.15, -0.1) is 0 Å². The van der Waals surface area contributed by atoms with Crippen LogP contribution in [0.3, 0.4) is 0 Å².